The van der Waals surface area contributed by atoms with Gasteiger partial charge in [-0.25, -0.2) is 4.39 Å². The second-order valence-corrected chi connectivity index (χ2v) is 5.90. The van der Waals surface area contributed by atoms with Crippen molar-refractivity contribution in [2.75, 3.05) is 13.2 Å². The number of ether oxygens (including phenoxy) is 2. The van der Waals surface area contributed by atoms with Gasteiger partial charge in [-0.05, 0) is 12.1 Å². The third-order valence-electron chi connectivity index (χ3n) is 3.04. The molecule has 1 fully saturated rings. The maximum atomic E-state index is 13.8. The van der Waals surface area contributed by atoms with E-state index in [-0.39, 0.29) is 10.6 Å². The first-order chi connectivity index (χ1) is 7.64. The van der Waals surface area contributed by atoms with Crippen LogP contribution in [-0.2, 0) is 15.3 Å². The highest BCUT2D eigenvalue weighted by atomic mass is 79.9. The Morgan fingerprint density at radius 3 is 2.69 bits per heavy atom. The van der Waals surface area contributed by atoms with Crippen LogP contribution in [0.3, 0.4) is 0 Å². The van der Waals surface area contributed by atoms with E-state index in [1.165, 1.54) is 6.07 Å². The fourth-order valence-corrected chi connectivity index (χ4v) is 3.94. The Kier molecular flexibility index (Phi) is 2.62. The molecule has 1 heterocycles. The molecule has 0 bridgehead atoms. The molecule has 86 valence electrons. The minimum Gasteiger partial charge on any atom is -0.343 e. The Hall–Kier alpha value is 0.0300. The van der Waals surface area contributed by atoms with Gasteiger partial charge in [0.2, 0.25) is 0 Å². The van der Waals surface area contributed by atoms with Crippen molar-refractivity contribution in [1.82, 2.24) is 0 Å². The van der Waals surface area contributed by atoms with Crippen molar-refractivity contribution < 1.29 is 13.9 Å². The second-order valence-electron chi connectivity index (χ2n) is 3.94. The van der Waals surface area contributed by atoms with Crippen LogP contribution in [0.15, 0.2) is 16.6 Å². The molecule has 5 heteroatoms. The zero-order chi connectivity index (χ0) is 11.3. The van der Waals surface area contributed by atoms with E-state index in [1.807, 2.05) is 0 Å². The summed E-state index contributed by atoms with van der Waals surface area (Å²) >= 11 is 6.93. The lowest BCUT2D eigenvalue weighted by molar-refractivity contribution is -0.163. The van der Waals surface area contributed by atoms with Gasteiger partial charge in [0.1, 0.15) is 5.82 Å². The molecule has 0 saturated carbocycles. The summed E-state index contributed by atoms with van der Waals surface area (Å²) in [6, 6.07) is 3.16. The predicted molar refractivity (Wildman–Crippen MR) is 64.0 cm³/mol. The summed E-state index contributed by atoms with van der Waals surface area (Å²) in [4.78, 5) is -0.0573. The molecule has 1 aromatic rings. The van der Waals surface area contributed by atoms with Crippen molar-refractivity contribution >= 4 is 31.9 Å². The first-order valence-electron chi connectivity index (χ1n) is 5.04. The van der Waals surface area contributed by atoms with Crippen LogP contribution in [0.2, 0.25) is 0 Å². The molecule has 2 nitrogen and oxygen atoms in total. The zero-order valence-electron chi connectivity index (χ0n) is 8.30. The average molecular weight is 352 g/mol. The molecule has 0 amide bonds. The highest BCUT2D eigenvalue weighted by Gasteiger charge is 2.50. The van der Waals surface area contributed by atoms with E-state index < -0.39 is 5.79 Å². The third kappa shape index (κ3) is 1.41. The van der Waals surface area contributed by atoms with Crippen molar-refractivity contribution in [3.8, 4) is 0 Å². The molecule has 1 aliphatic carbocycles. The first kappa shape index (κ1) is 11.1. The fraction of sp³-hybridized carbons (Fsp3) is 0.455. The molecule has 1 unspecified atom stereocenters. The average Bonchev–Trinajstić information content (AvgIpc) is 2.80. The van der Waals surface area contributed by atoms with Crippen LogP contribution in [0, 0.1) is 5.82 Å². The number of rotatable bonds is 0. The minimum atomic E-state index is -0.759. The van der Waals surface area contributed by atoms with Crippen LogP contribution in [0.4, 0.5) is 4.39 Å². The number of halogens is 3. The van der Waals surface area contributed by atoms with Crippen LogP contribution in [0.1, 0.15) is 22.4 Å². The molecule has 0 N–H and O–H groups in total. The molecule has 0 aromatic heterocycles. The second kappa shape index (κ2) is 3.77. The molecule has 2 aliphatic rings. The van der Waals surface area contributed by atoms with Gasteiger partial charge in [-0.1, -0.05) is 31.9 Å². The summed E-state index contributed by atoms with van der Waals surface area (Å²) < 4.78 is 26.0. The molecule has 0 radical (unpaired) electrons. The van der Waals surface area contributed by atoms with Crippen LogP contribution in [0.5, 0.6) is 0 Å². The van der Waals surface area contributed by atoms with Crippen molar-refractivity contribution in [2.45, 2.75) is 17.0 Å². The number of benzene rings is 1. The topological polar surface area (TPSA) is 18.5 Å². The highest BCUT2D eigenvalue weighted by molar-refractivity contribution is 9.10. The quantitative estimate of drug-likeness (QED) is 0.664. The SMILES string of the molecule is Fc1ccc(Br)c2c1C(Br)CC21OCCO1. The van der Waals surface area contributed by atoms with Gasteiger partial charge in [-0.2, -0.15) is 0 Å². The molecule has 3 rings (SSSR count). The number of hydrogen-bond acceptors (Lipinski definition) is 2. The van der Waals surface area contributed by atoms with Gasteiger partial charge < -0.3 is 9.47 Å². The van der Waals surface area contributed by atoms with Crippen molar-refractivity contribution in [2.24, 2.45) is 0 Å². The monoisotopic (exact) mass is 350 g/mol. The lowest BCUT2D eigenvalue weighted by Crippen LogP contribution is -2.24. The lowest BCUT2D eigenvalue weighted by atomic mass is 10.1. The molecule has 1 atom stereocenters. The van der Waals surface area contributed by atoms with Crippen LogP contribution in [0.25, 0.3) is 0 Å². The van der Waals surface area contributed by atoms with Crippen LogP contribution in [-0.4, -0.2) is 13.2 Å². The van der Waals surface area contributed by atoms with E-state index in [0.717, 1.165) is 10.0 Å². The Morgan fingerprint density at radius 1 is 1.31 bits per heavy atom. The van der Waals surface area contributed by atoms with Gasteiger partial charge in [0, 0.05) is 26.8 Å². The van der Waals surface area contributed by atoms with E-state index >= 15 is 0 Å². The summed E-state index contributed by atoms with van der Waals surface area (Å²) in [5.74, 6) is -0.971. The molecule has 1 saturated heterocycles. The maximum absolute atomic E-state index is 13.8. The maximum Gasteiger partial charge on any atom is 0.197 e. The molecule has 1 aliphatic heterocycles. The minimum absolute atomic E-state index is 0.0573. The molecule has 16 heavy (non-hydrogen) atoms. The van der Waals surface area contributed by atoms with Crippen molar-refractivity contribution in [3.05, 3.63) is 33.5 Å². The summed E-state index contributed by atoms with van der Waals surface area (Å²) in [5.41, 5.74) is 1.45. The Morgan fingerprint density at radius 2 is 2.00 bits per heavy atom. The van der Waals surface area contributed by atoms with Crippen LogP contribution < -0.4 is 0 Å². The summed E-state index contributed by atoms with van der Waals surface area (Å²) in [6.45, 7) is 1.12. The van der Waals surface area contributed by atoms with Gasteiger partial charge in [-0.15, -0.1) is 0 Å². The normalized spacial score (nSPS) is 26.3. The lowest BCUT2D eigenvalue weighted by Gasteiger charge is -2.23. The molecule has 1 spiro atoms. The Bertz CT molecular complexity index is 444. The zero-order valence-corrected chi connectivity index (χ0v) is 11.5. The highest BCUT2D eigenvalue weighted by Crippen LogP contribution is 2.54. The van der Waals surface area contributed by atoms with Gasteiger partial charge in [-0.3, -0.25) is 0 Å². The van der Waals surface area contributed by atoms with Crippen LogP contribution >= 0.6 is 31.9 Å². The molecule has 1 aromatic carbocycles. The van der Waals surface area contributed by atoms with Gasteiger partial charge in [0.15, 0.2) is 5.79 Å². The summed E-state index contributed by atoms with van der Waals surface area (Å²) in [7, 11) is 0. The van der Waals surface area contributed by atoms with E-state index in [0.29, 0.717) is 25.2 Å². The van der Waals surface area contributed by atoms with E-state index in [4.69, 9.17) is 9.47 Å². The van der Waals surface area contributed by atoms with Crippen molar-refractivity contribution in [3.63, 3.8) is 0 Å². The van der Waals surface area contributed by atoms with Gasteiger partial charge in [0.05, 0.1) is 13.2 Å². The first-order valence-corrected chi connectivity index (χ1v) is 6.75. The number of fused-ring (bicyclic) bond motifs is 2. The standard InChI is InChI=1S/C11H9Br2FO2/c12-6-1-2-8(14)9-7(13)5-11(10(6)9)15-3-4-16-11/h1-2,7H,3-5H2. The largest absolute Gasteiger partial charge is 0.343 e. The molecular formula is C11H9Br2FO2. The molecular weight excluding hydrogens is 343 g/mol. The summed E-state index contributed by atoms with van der Waals surface area (Å²) in [6.07, 6.45) is 0.613. The summed E-state index contributed by atoms with van der Waals surface area (Å²) in [5, 5.41) is 0. The van der Waals surface area contributed by atoms with E-state index in [9.17, 15) is 4.39 Å². The Labute approximate surface area is 109 Å². The number of alkyl halides is 1. The number of hydrogen-bond donors (Lipinski definition) is 0. The smallest absolute Gasteiger partial charge is 0.197 e. The predicted octanol–water partition coefficient (Wildman–Crippen LogP) is 3.63. The third-order valence-corrected chi connectivity index (χ3v) is 4.48. The van der Waals surface area contributed by atoms with E-state index in [1.54, 1.807) is 6.07 Å². The van der Waals surface area contributed by atoms with Gasteiger partial charge in [0.25, 0.3) is 0 Å². The Balaban J connectivity index is 2.24. The van der Waals surface area contributed by atoms with E-state index in [2.05, 4.69) is 31.9 Å². The van der Waals surface area contributed by atoms with Crippen molar-refractivity contribution in [1.29, 1.82) is 0 Å². The fourth-order valence-electron chi connectivity index (χ4n) is 2.42. The van der Waals surface area contributed by atoms with Gasteiger partial charge >= 0.3 is 0 Å².